The SMILES string of the molecule is Cn1ccc(CCNS(=O)(=O)c2c(N)cc(Br)cc2Br)n1. The van der Waals surface area contributed by atoms with E-state index in [0.717, 1.165) is 5.69 Å². The number of benzene rings is 1. The first-order valence-corrected chi connectivity index (χ1v) is 9.09. The largest absolute Gasteiger partial charge is 0.398 e. The van der Waals surface area contributed by atoms with Crippen molar-refractivity contribution in [2.24, 2.45) is 7.05 Å². The molecular weight excluding hydrogens is 424 g/mol. The number of nitrogens with one attached hydrogen (secondary N) is 1. The van der Waals surface area contributed by atoms with Gasteiger partial charge in [-0.1, -0.05) is 15.9 Å². The number of nitrogen functional groups attached to an aromatic ring is 1. The Hall–Kier alpha value is -0.900. The van der Waals surface area contributed by atoms with Crippen molar-refractivity contribution in [3.05, 3.63) is 39.0 Å². The highest BCUT2D eigenvalue weighted by atomic mass is 79.9. The molecule has 0 saturated heterocycles. The zero-order valence-electron chi connectivity index (χ0n) is 11.2. The molecule has 0 spiro atoms. The Bertz CT molecular complexity index is 735. The van der Waals surface area contributed by atoms with Gasteiger partial charge in [0.15, 0.2) is 0 Å². The Kier molecular flexibility index (Phi) is 5.07. The molecule has 0 aliphatic carbocycles. The van der Waals surface area contributed by atoms with E-state index in [4.69, 9.17) is 5.73 Å². The lowest BCUT2D eigenvalue weighted by Gasteiger charge is -2.11. The van der Waals surface area contributed by atoms with Crippen molar-refractivity contribution in [3.8, 4) is 0 Å². The molecule has 1 aromatic heterocycles. The maximum atomic E-state index is 12.3. The van der Waals surface area contributed by atoms with Gasteiger partial charge >= 0.3 is 0 Å². The fourth-order valence-electron chi connectivity index (χ4n) is 1.85. The minimum absolute atomic E-state index is 0.0479. The van der Waals surface area contributed by atoms with Crippen LogP contribution in [0.1, 0.15) is 5.69 Å². The fourth-order valence-corrected chi connectivity index (χ4v) is 4.94. The lowest BCUT2D eigenvalue weighted by molar-refractivity contribution is 0.581. The Morgan fingerprint density at radius 3 is 2.67 bits per heavy atom. The van der Waals surface area contributed by atoms with E-state index in [2.05, 4.69) is 41.7 Å². The second kappa shape index (κ2) is 6.47. The Morgan fingerprint density at radius 2 is 2.10 bits per heavy atom. The zero-order chi connectivity index (χ0) is 15.6. The minimum Gasteiger partial charge on any atom is -0.398 e. The molecule has 0 aliphatic rings. The van der Waals surface area contributed by atoms with Gasteiger partial charge in [-0.25, -0.2) is 13.1 Å². The average molecular weight is 438 g/mol. The first kappa shape index (κ1) is 16.5. The molecule has 6 nitrogen and oxygen atoms in total. The Labute approximate surface area is 140 Å². The first-order valence-electron chi connectivity index (χ1n) is 6.02. The van der Waals surface area contributed by atoms with Gasteiger partial charge in [-0.15, -0.1) is 0 Å². The summed E-state index contributed by atoms with van der Waals surface area (Å²) < 4.78 is 30.0. The predicted molar refractivity (Wildman–Crippen MR) is 88.4 cm³/mol. The molecule has 0 radical (unpaired) electrons. The third-order valence-corrected chi connectivity index (χ3v) is 5.67. The standard InChI is InChI=1S/C12H14Br2N4O2S/c1-18-5-3-9(17-18)2-4-16-21(19,20)12-10(14)6-8(13)7-11(12)15/h3,5-7,16H,2,4,15H2,1H3. The van der Waals surface area contributed by atoms with Crippen molar-refractivity contribution in [2.45, 2.75) is 11.3 Å². The molecule has 0 unspecified atom stereocenters. The maximum absolute atomic E-state index is 12.3. The van der Waals surface area contributed by atoms with E-state index in [9.17, 15) is 8.42 Å². The predicted octanol–water partition coefficient (Wildman–Crippen LogP) is 2.05. The second-order valence-electron chi connectivity index (χ2n) is 4.43. The van der Waals surface area contributed by atoms with Crippen molar-refractivity contribution in [1.29, 1.82) is 0 Å². The van der Waals surface area contributed by atoms with Gasteiger partial charge in [-0.2, -0.15) is 5.10 Å². The van der Waals surface area contributed by atoms with Crippen LogP contribution in [-0.4, -0.2) is 24.7 Å². The highest BCUT2D eigenvalue weighted by Crippen LogP contribution is 2.31. The van der Waals surface area contributed by atoms with Crippen LogP contribution < -0.4 is 10.5 Å². The van der Waals surface area contributed by atoms with Crippen molar-refractivity contribution >= 4 is 47.6 Å². The van der Waals surface area contributed by atoms with Gasteiger partial charge in [0, 0.05) is 35.2 Å². The van der Waals surface area contributed by atoms with E-state index in [0.29, 0.717) is 15.4 Å². The molecule has 9 heteroatoms. The van der Waals surface area contributed by atoms with Crippen LogP contribution in [-0.2, 0) is 23.5 Å². The number of nitrogens with zero attached hydrogens (tertiary/aromatic N) is 2. The molecule has 0 atom stereocenters. The third-order valence-electron chi connectivity index (χ3n) is 2.75. The molecule has 0 aliphatic heterocycles. The molecule has 2 rings (SSSR count). The van der Waals surface area contributed by atoms with Gasteiger partial charge in [-0.05, 0) is 34.1 Å². The average Bonchev–Trinajstić information content (AvgIpc) is 2.72. The molecule has 0 amide bonds. The van der Waals surface area contributed by atoms with Gasteiger partial charge in [0.1, 0.15) is 4.90 Å². The van der Waals surface area contributed by atoms with Crippen LogP contribution in [0.4, 0.5) is 5.69 Å². The van der Waals surface area contributed by atoms with E-state index in [-0.39, 0.29) is 17.1 Å². The van der Waals surface area contributed by atoms with Gasteiger partial charge < -0.3 is 5.73 Å². The quantitative estimate of drug-likeness (QED) is 0.700. The number of halogens is 2. The van der Waals surface area contributed by atoms with Gasteiger partial charge in [0.25, 0.3) is 0 Å². The number of anilines is 1. The summed E-state index contributed by atoms with van der Waals surface area (Å²) in [5.74, 6) is 0. The van der Waals surface area contributed by atoms with Crippen molar-refractivity contribution < 1.29 is 8.42 Å². The number of sulfonamides is 1. The molecular formula is C12H14Br2N4O2S. The lowest BCUT2D eigenvalue weighted by atomic mass is 10.3. The van der Waals surface area contributed by atoms with E-state index in [1.807, 2.05) is 19.3 Å². The summed E-state index contributed by atoms with van der Waals surface area (Å²) in [5.41, 5.74) is 6.80. The van der Waals surface area contributed by atoms with Crippen LogP contribution in [0.15, 0.2) is 38.2 Å². The monoisotopic (exact) mass is 436 g/mol. The van der Waals surface area contributed by atoms with Crippen LogP contribution in [0.3, 0.4) is 0 Å². The number of aromatic nitrogens is 2. The summed E-state index contributed by atoms with van der Waals surface area (Å²) in [6, 6.07) is 5.04. The molecule has 21 heavy (non-hydrogen) atoms. The topological polar surface area (TPSA) is 90.0 Å². The summed E-state index contributed by atoms with van der Waals surface area (Å²) in [4.78, 5) is 0.0479. The Morgan fingerprint density at radius 1 is 1.38 bits per heavy atom. The van der Waals surface area contributed by atoms with Crippen LogP contribution in [0, 0.1) is 0 Å². The zero-order valence-corrected chi connectivity index (χ0v) is 15.2. The molecule has 0 saturated carbocycles. The van der Waals surface area contributed by atoms with Crippen LogP contribution >= 0.6 is 31.9 Å². The van der Waals surface area contributed by atoms with E-state index in [1.165, 1.54) is 0 Å². The van der Waals surface area contributed by atoms with E-state index < -0.39 is 10.0 Å². The maximum Gasteiger partial charge on any atom is 0.243 e. The van der Waals surface area contributed by atoms with Crippen LogP contribution in [0.5, 0.6) is 0 Å². The lowest BCUT2D eigenvalue weighted by Crippen LogP contribution is -2.27. The summed E-state index contributed by atoms with van der Waals surface area (Å²) in [6.45, 7) is 0.251. The first-order chi connectivity index (χ1) is 9.79. The van der Waals surface area contributed by atoms with E-state index >= 15 is 0 Å². The normalized spacial score (nSPS) is 11.8. The molecule has 0 fully saturated rings. The molecule has 1 heterocycles. The summed E-state index contributed by atoms with van der Waals surface area (Å²) in [5, 5.41) is 4.19. The van der Waals surface area contributed by atoms with Crippen molar-refractivity contribution in [2.75, 3.05) is 12.3 Å². The third kappa shape index (κ3) is 4.06. The van der Waals surface area contributed by atoms with Crippen LogP contribution in [0.25, 0.3) is 0 Å². The molecule has 2 aromatic rings. The second-order valence-corrected chi connectivity index (χ2v) is 7.91. The van der Waals surface area contributed by atoms with Gasteiger partial charge in [0.05, 0.1) is 11.4 Å². The number of hydrogen-bond donors (Lipinski definition) is 2. The molecule has 1 aromatic carbocycles. The van der Waals surface area contributed by atoms with Gasteiger partial charge in [-0.3, -0.25) is 4.68 Å². The highest BCUT2D eigenvalue weighted by Gasteiger charge is 2.21. The van der Waals surface area contributed by atoms with Gasteiger partial charge in [0.2, 0.25) is 10.0 Å². The highest BCUT2D eigenvalue weighted by molar-refractivity contribution is 9.11. The van der Waals surface area contributed by atoms with Crippen molar-refractivity contribution in [3.63, 3.8) is 0 Å². The molecule has 3 N–H and O–H groups in total. The Balaban J connectivity index is 2.12. The van der Waals surface area contributed by atoms with Crippen LogP contribution in [0.2, 0.25) is 0 Å². The fraction of sp³-hybridized carbons (Fsp3) is 0.250. The summed E-state index contributed by atoms with van der Waals surface area (Å²) >= 11 is 6.49. The molecule has 114 valence electrons. The number of nitrogens with two attached hydrogens (primary N) is 1. The molecule has 0 bridgehead atoms. The smallest absolute Gasteiger partial charge is 0.243 e. The van der Waals surface area contributed by atoms with Crippen molar-refractivity contribution in [1.82, 2.24) is 14.5 Å². The summed E-state index contributed by atoms with van der Waals surface area (Å²) in [6.07, 6.45) is 2.32. The number of aryl methyl sites for hydroxylation is 1. The minimum atomic E-state index is -3.68. The number of rotatable bonds is 5. The number of hydrogen-bond acceptors (Lipinski definition) is 4. The van der Waals surface area contributed by atoms with E-state index in [1.54, 1.807) is 16.8 Å². The summed E-state index contributed by atoms with van der Waals surface area (Å²) in [7, 11) is -1.87.